The van der Waals surface area contributed by atoms with Gasteiger partial charge >= 0.3 is 0 Å². The van der Waals surface area contributed by atoms with Gasteiger partial charge in [-0.25, -0.2) is 4.98 Å². The van der Waals surface area contributed by atoms with E-state index in [9.17, 15) is 4.79 Å². The van der Waals surface area contributed by atoms with Crippen LogP contribution in [-0.2, 0) is 0 Å². The molecule has 0 aliphatic carbocycles. The van der Waals surface area contributed by atoms with E-state index in [1.807, 2.05) is 22.7 Å². The lowest BCUT2D eigenvalue weighted by atomic mass is 10.2. The smallest absolute Gasteiger partial charge is 0.252 e. The van der Waals surface area contributed by atoms with Crippen LogP contribution in [0, 0.1) is 0 Å². The number of aromatic nitrogens is 3. The number of carbonyl (C=O) groups is 1. The molecule has 3 heterocycles. The summed E-state index contributed by atoms with van der Waals surface area (Å²) in [6.07, 6.45) is 8.71. The molecule has 112 valence electrons. The molecule has 0 radical (unpaired) electrons. The molecule has 0 fully saturated rings. The van der Waals surface area contributed by atoms with E-state index in [1.54, 1.807) is 30.9 Å². The standard InChI is InChI=1S/C15H14BrN5O/c16-13-9-11(10-21-8-7-19-14(13)21)15(22)20-6-5-18-12-1-3-17-4-2-12/h1-4,7-10H,5-6H2,(H,17,18)(H,20,22). The molecule has 0 atom stereocenters. The monoisotopic (exact) mass is 359 g/mol. The second-order valence-electron chi connectivity index (χ2n) is 4.65. The SMILES string of the molecule is O=C(NCCNc1ccncc1)c1cc(Br)c2nccn2c1. The summed E-state index contributed by atoms with van der Waals surface area (Å²) in [5.74, 6) is -0.118. The quantitative estimate of drug-likeness (QED) is 0.686. The molecule has 0 saturated carbocycles. The maximum absolute atomic E-state index is 12.2. The number of pyridine rings is 2. The van der Waals surface area contributed by atoms with Gasteiger partial charge in [0.25, 0.3) is 5.91 Å². The van der Waals surface area contributed by atoms with Gasteiger partial charge in [-0.3, -0.25) is 9.78 Å². The summed E-state index contributed by atoms with van der Waals surface area (Å²) < 4.78 is 2.61. The Morgan fingerprint density at radius 3 is 2.86 bits per heavy atom. The molecule has 0 aliphatic heterocycles. The van der Waals surface area contributed by atoms with E-state index in [0.717, 1.165) is 15.8 Å². The topological polar surface area (TPSA) is 71.3 Å². The molecule has 0 saturated heterocycles. The van der Waals surface area contributed by atoms with Crippen LogP contribution < -0.4 is 10.6 Å². The Hall–Kier alpha value is -2.41. The van der Waals surface area contributed by atoms with Crippen molar-refractivity contribution in [1.82, 2.24) is 19.7 Å². The van der Waals surface area contributed by atoms with E-state index in [4.69, 9.17) is 0 Å². The summed E-state index contributed by atoms with van der Waals surface area (Å²) >= 11 is 3.43. The van der Waals surface area contributed by atoms with Gasteiger partial charge in [-0.2, -0.15) is 0 Å². The molecule has 3 aromatic rings. The first-order valence-corrected chi connectivity index (χ1v) is 7.57. The number of hydrogen-bond donors (Lipinski definition) is 2. The lowest BCUT2D eigenvalue weighted by Crippen LogP contribution is -2.29. The molecule has 1 amide bonds. The summed E-state index contributed by atoms with van der Waals surface area (Å²) in [5, 5.41) is 6.09. The third-order valence-corrected chi connectivity index (χ3v) is 3.71. The fourth-order valence-electron chi connectivity index (χ4n) is 2.07. The molecule has 3 aromatic heterocycles. The molecule has 3 rings (SSSR count). The molecule has 0 spiro atoms. The Labute approximate surface area is 135 Å². The summed E-state index contributed by atoms with van der Waals surface area (Å²) in [6.45, 7) is 1.17. The van der Waals surface area contributed by atoms with E-state index in [2.05, 4.69) is 36.5 Å². The Morgan fingerprint density at radius 2 is 2.05 bits per heavy atom. The first-order chi connectivity index (χ1) is 10.7. The number of fused-ring (bicyclic) bond motifs is 1. The maximum Gasteiger partial charge on any atom is 0.252 e. The van der Waals surface area contributed by atoms with Gasteiger partial charge in [0, 0.05) is 49.8 Å². The van der Waals surface area contributed by atoms with E-state index in [1.165, 1.54) is 0 Å². The van der Waals surface area contributed by atoms with Gasteiger partial charge in [0.15, 0.2) is 5.65 Å². The average molecular weight is 360 g/mol. The number of halogens is 1. The molecule has 0 aliphatic rings. The summed E-state index contributed by atoms with van der Waals surface area (Å²) in [6, 6.07) is 5.53. The molecular weight excluding hydrogens is 346 g/mol. The van der Waals surface area contributed by atoms with Crippen molar-refractivity contribution in [2.45, 2.75) is 0 Å². The van der Waals surface area contributed by atoms with Crippen molar-refractivity contribution in [1.29, 1.82) is 0 Å². The van der Waals surface area contributed by atoms with Crippen molar-refractivity contribution in [2.75, 3.05) is 18.4 Å². The number of imidazole rings is 1. The highest BCUT2D eigenvalue weighted by atomic mass is 79.9. The number of anilines is 1. The van der Waals surface area contributed by atoms with E-state index < -0.39 is 0 Å². The van der Waals surface area contributed by atoms with Gasteiger partial charge in [-0.15, -0.1) is 0 Å². The Bertz CT molecular complexity index is 787. The number of amides is 1. The number of hydrogen-bond acceptors (Lipinski definition) is 4. The minimum Gasteiger partial charge on any atom is -0.383 e. The molecule has 6 nitrogen and oxygen atoms in total. The molecule has 22 heavy (non-hydrogen) atoms. The predicted molar refractivity (Wildman–Crippen MR) is 88.0 cm³/mol. The minimum absolute atomic E-state index is 0.118. The highest BCUT2D eigenvalue weighted by Crippen LogP contribution is 2.18. The largest absolute Gasteiger partial charge is 0.383 e. The number of nitrogens with zero attached hydrogens (tertiary/aromatic N) is 3. The average Bonchev–Trinajstić information content (AvgIpc) is 3.01. The minimum atomic E-state index is -0.118. The van der Waals surface area contributed by atoms with Gasteiger partial charge in [-0.05, 0) is 34.1 Å². The number of carbonyl (C=O) groups excluding carboxylic acids is 1. The van der Waals surface area contributed by atoms with Crippen molar-refractivity contribution in [3.05, 3.63) is 59.2 Å². The molecular formula is C15H14BrN5O. The Morgan fingerprint density at radius 1 is 1.23 bits per heavy atom. The van der Waals surface area contributed by atoms with Gasteiger partial charge < -0.3 is 15.0 Å². The third-order valence-electron chi connectivity index (χ3n) is 3.12. The van der Waals surface area contributed by atoms with Gasteiger partial charge in [0.1, 0.15) is 0 Å². The van der Waals surface area contributed by atoms with Gasteiger partial charge in [0.05, 0.1) is 10.0 Å². The first kappa shape index (κ1) is 14.5. The van der Waals surface area contributed by atoms with Crippen LogP contribution in [-0.4, -0.2) is 33.4 Å². The molecule has 0 unspecified atom stereocenters. The van der Waals surface area contributed by atoms with Crippen LogP contribution in [0.1, 0.15) is 10.4 Å². The highest BCUT2D eigenvalue weighted by Gasteiger charge is 2.09. The van der Waals surface area contributed by atoms with Crippen LogP contribution >= 0.6 is 15.9 Å². The third kappa shape index (κ3) is 3.25. The molecule has 0 aromatic carbocycles. The van der Waals surface area contributed by atoms with Crippen LogP contribution in [0.25, 0.3) is 5.65 Å². The highest BCUT2D eigenvalue weighted by molar-refractivity contribution is 9.10. The van der Waals surface area contributed by atoms with E-state index in [0.29, 0.717) is 18.7 Å². The zero-order valence-corrected chi connectivity index (χ0v) is 13.2. The molecule has 7 heteroatoms. The zero-order valence-electron chi connectivity index (χ0n) is 11.7. The second kappa shape index (κ2) is 6.57. The van der Waals surface area contributed by atoms with Crippen LogP contribution in [0.4, 0.5) is 5.69 Å². The summed E-state index contributed by atoms with van der Waals surface area (Å²) in [4.78, 5) is 20.3. The van der Waals surface area contributed by atoms with Gasteiger partial charge in [-0.1, -0.05) is 0 Å². The molecule has 2 N–H and O–H groups in total. The normalized spacial score (nSPS) is 10.6. The van der Waals surface area contributed by atoms with Crippen LogP contribution in [0.15, 0.2) is 53.7 Å². The van der Waals surface area contributed by atoms with Crippen molar-refractivity contribution in [3.8, 4) is 0 Å². The molecule has 0 bridgehead atoms. The van der Waals surface area contributed by atoms with Crippen LogP contribution in [0.3, 0.4) is 0 Å². The fraction of sp³-hybridized carbons (Fsp3) is 0.133. The van der Waals surface area contributed by atoms with Gasteiger partial charge in [0.2, 0.25) is 0 Å². The fourth-order valence-corrected chi connectivity index (χ4v) is 2.62. The summed E-state index contributed by atoms with van der Waals surface area (Å²) in [5.41, 5.74) is 2.35. The first-order valence-electron chi connectivity index (χ1n) is 6.78. The van der Waals surface area contributed by atoms with Crippen molar-refractivity contribution in [3.63, 3.8) is 0 Å². The number of rotatable bonds is 5. The Kier molecular flexibility index (Phi) is 4.34. The van der Waals surface area contributed by atoms with E-state index >= 15 is 0 Å². The lowest BCUT2D eigenvalue weighted by molar-refractivity contribution is 0.0954. The second-order valence-corrected chi connectivity index (χ2v) is 5.51. The van der Waals surface area contributed by atoms with Crippen molar-refractivity contribution < 1.29 is 4.79 Å². The van der Waals surface area contributed by atoms with Crippen LogP contribution in [0.5, 0.6) is 0 Å². The van der Waals surface area contributed by atoms with Crippen LogP contribution in [0.2, 0.25) is 0 Å². The number of nitrogens with one attached hydrogen (secondary N) is 2. The van der Waals surface area contributed by atoms with E-state index in [-0.39, 0.29) is 5.91 Å². The summed E-state index contributed by atoms with van der Waals surface area (Å²) in [7, 11) is 0. The lowest BCUT2D eigenvalue weighted by Gasteiger charge is -2.08. The maximum atomic E-state index is 12.2. The predicted octanol–water partition coefficient (Wildman–Crippen LogP) is 2.33. The zero-order chi connectivity index (χ0) is 15.4. The van der Waals surface area contributed by atoms with Crippen molar-refractivity contribution >= 4 is 33.2 Å². The van der Waals surface area contributed by atoms with Crippen molar-refractivity contribution in [2.24, 2.45) is 0 Å². The Balaban J connectivity index is 1.57.